The van der Waals surface area contributed by atoms with Gasteiger partial charge in [-0.3, -0.25) is 14.6 Å². The average Bonchev–Trinajstić information content (AvgIpc) is 2.60. The van der Waals surface area contributed by atoms with Crippen LogP contribution in [0.15, 0.2) is 48.7 Å². The molecule has 2 amide bonds. The summed E-state index contributed by atoms with van der Waals surface area (Å²) < 4.78 is 0. The summed E-state index contributed by atoms with van der Waals surface area (Å²) in [5.74, 6) is -0.216. The predicted octanol–water partition coefficient (Wildman–Crippen LogP) is 2.97. The van der Waals surface area contributed by atoms with E-state index in [0.717, 1.165) is 18.4 Å². The van der Waals surface area contributed by atoms with E-state index in [4.69, 9.17) is 0 Å². The van der Waals surface area contributed by atoms with Crippen molar-refractivity contribution in [2.45, 2.75) is 45.7 Å². The minimum atomic E-state index is -0.159. The lowest BCUT2D eigenvalue weighted by molar-refractivity contribution is 0.0928. The van der Waals surface area contributed by atoms with Gasteiger partial charge in [-0.2, -0.15) is 0 Å². The van der Waals surface area contributed by atoms with Gasteiger partial charge < -0.3 is 10.6 Å². The van der Waals surface area contributed by atoms with Crippen molar-refractivity contribution < 1.29 is 9.59 Å². The highest BCUT2D eigenvalue weighted by Crippen LogP contribution is 2.09. The molecule has 0 aliphatic heterocycles. The highest BCUT2D eigenvalue weighted by Gasteiger charge is 2.11. The van der Waals surface area contributed by atoms with Gasteiger partial charge in [-0.05, 0) is 63.4 Å². The fourth-order valence-electron chi connectivity index (χ4n) is 2.42. The fourth-order valence-corrected chi connectivity index (χ4v) is 2.42. The summed E-state index contributed by atoms with van der Waals surface area (Å²) in [7, 11) is 0. The number of nitrogens with one attached hydrogen (secondary N) is 2. The Morgan fingerprint density at radius 2 is 1.68 bits per heavy atom. The van der Waals surface area contributed by atoms with Gasteiger partial charge in [0.1, 0.15) is 5.69 Å². The largest absolute Gasteiger partial charge is 0.350 e. The standard InChI is InChI=1S/C20H25N3O2/c1-14(2)22-19(24)17-11-9-16(10-12-17)8-7-15(3)23-20(25)18-6-4-5-13-21-18/h4-6,9-15H,7-8H2,1-3H3,(H,22,24)(H,23,25). The van der Waals surface area contributed by atoms with Crippen molar-refractivity contribution in [2.24, 2.45) is 0 Å². The Bertz CT molecular complexity index is 697. The van der Waals surface area contributed by atoms with Gasteiger partial charge in [0.15, 0.2) is 0 Å². The molecule has 1 aromatic carbocycles. The zero-order chi connectivity index (χ0) is 18.2. The normalized spacial score (nSPS) is 11.8. The van der Waals surface area contributed by atoms with E-state index in [1.54, 1.807) is 24.4 Å². The van der Waals surface area contributed by atoms with Crippen LogP contribution < -0.4 is 10.6 Å². The molecule has 0 bridgehead atoms. The number of carbonyl (C=O) groups is 2. The molecule has 0 aliphatic carbocycles. The van der Waals surface area contributed by atoms with Crippen LogP contribution >= 0.6 is 0 Å². The van der Waals surface area contributed by atoms with Crippen LogP contribution in [0.5, 0.6) is 0 Å². The summed E-state index contributed by atoms with van der Waals surface area (Å²) in [6.07, 6.45) is 3.25. The molecule has 0 aliphatic rings. The van der Waals surface area contributed by atoms with E-state index < -0.39 is 0 Å². The molecule has 1 unspecified atom stereocenters. The first-order valence-electron chi connectivity index (χ1n) is 8.57. The third-order valence-corrected chi connectivity index (χ3v) is 3.78. The number of aromatic nitrogens is 1. The summed E-state index contributed by atoms with van der Waals surface area (Å²) in [4.78, 5) is 28.0. The third kappa shape index (κ3) is 6.03. The second-order valence-electron chi connectivity index (χ2n) is 6.45. The summed E-state index contributed by atoms with van der Waals surface area (Å²) in [5.41, 5.74) is 2.23. The Morgan fingerprint density at radius 3 is 2.28 bits per heavy atom. The van der Waals surface area contributed by atoms with E-state index in [9.17, 15) is 9.59 Å². The molecular weight excluding hydrogens is 314 g/mol. The van der Waals surface area contributed by atoms with Crippen molar-refractivity contribution >= 4 is 11.8 Å². The molecule has 5 nitrogen and oxygen atoms in total. The number of hydrogen-bond acceptors (Lipinski definition) is 3. The SMILES string of the molecule is CC(C)NC(=O)c1ccc(CCC(C)NC(=O)c2ccccn2)cc1. The van der Waals surface area contributed by atoms with E-state index in [1.807, 2.05) is 45.0 Å². The molecule has 5 heteroatoms. The molecule has 132 valence electrons. The number of aryl methyl sites for hydroxylation is 1. The van der Waals surface area contributed by atoms with Gasteiger partial charge in [0, 0.05) is 23.8 Å². The van der Waals surface area contributed by atoms with E-state index in [2.05, 4.69) is 15.6 Å². The van der Waals surface area contributed by atoms with Crippen LogP contribution in [0.1, 0.15) is 53.6 Å². The van der Waals surface area contributed by atoms with Gasteiger partial charge in [0.05, 0.1) is 0 Å². The van der Waals surface area contributed by atoms with Gasteiger partial charge >= 0.3 is 0 Å². The molecule has 25 heavy (non-hydrogen) atoms. The summed E-state index contributed by atoms with van der Waals surface area (Å²) >= 11 is 0. The zero-order valence-electron chi connectivity index (χ0n) is 15.0. The van der Waals surface area contributed by atoms with Crippen LogP contribution in [0.4, 0.5) is 0 Å². The molecule has 0 spiro atoms. The first-order valence-corrected chi connectivity index (χ1v) is 8.57. The van der Waals surface area contributed by atoms with Gasteiger partial charge in [-0.1, -0.05) is 18.2 Å². The van der Waals surface area contributed by atoms with Crippen LogP contribution in [0.3, 0.4) is 0 Å². The Balaban J connectivity index is 1.82. The Morgan fingerprint density at radius 1 is 0.960 bits per heavy atom. The minimum Gasteiger partial charge on any atom is -0.350 e. The molecule has 1 aromatic heterocycles. The lowest BCUT2D eigenvalue weighted by Gasteiger charge is -2.14. The Labute approximate surface area is 148 Å². The number of benzene rings is 1. The monoisotopic (exact) mass is 339 g/mol. The van der Waals surface area contributed by atoms with Crippen molar-refractivity contribution in [1.82, 2.24) is 15.6 Å². The fraction of sp³-hybridized carbons (Fsp3) is 0.350. The molecule has 0 radical (unpaired) electrons. The minimum absolute atomic E-state index is 0.0402. The predicted molar refractivity (Wildman–Crippen MR) is 98.5 cm³/mol. The lowest BCUT2D eigenvalue weighted by atomic mass is 10.0. The van der Waals surface area contributed by atoms with Gasteiger partial charge in [0.2, 0.25) is 0 Å². The first-order chi connectivity index (χ1) is 12.0. The van der Waals surface area contributed by atoms with E-state index in [-0.39, 0.29) is 23.9 Å². The van der Waals surface area contributed by atoms with Crippen LogP contribution in [-0.2, 0) is 6.42 Å². The van der Waals surface area contributed by atoms with E-state index in [1.165, 1.54) is 0 Å². The van der Waals surface area contributed by atoms with Crippen molar-refractivity contribution in [3.8, 4) is 0 Å². The van der Waals surface area contributed by atoms with Crippen LogP contribution in [0.2, 0.25) is 0 Å². The van der Waals surface area contributed by atoms with Crippen molar-refractivity contribution in [3.63, 3.8) is 0 Å². The van der Waals surface area contributed by atoms with Crippen LogP contribution in [0.25, 0.3) is 0 Å². The average molecular weight is 339 g/mol. The lowest BCUT2D eigenvalue weighted by Crippen LogP contribution is -2.33. The number of rotatable bonds is 7. The number of hydrogen-bond donors (Lipinski definition) is 2. The van der Waals surface area contributed by atoms with Crippen LogP contribution in [0, 0.1) is 0 Å². The highest BCUT2D eigenvalue weighted by molar-refractivity contribution is 5.94. The van der Waals surface area contributed by atoms with Gasteiger partial charge in [-0.25, -0.2) is 0 Å². The Hall–Kier alpha value is -2.69. The molecule has 0 fully saturated rings. The Kier molecular flexibility index (Phi) is 6.69. The number of pyridine rings is 1. The molecule has 1 heterocycles. The zero-order valence-corrected chi connectivity index (χ0v) is 15.0. The third-order valence-electron chi connectivity index (χ3n) is 3.78. The van der Waals surface area contributed by atoms with Crippen LogP contribution in [-0.4, -0.2) is 28.9 Å². The smallest absolute Gasteiger partial charge is 0.270 e. The number of carbonyl (C=O) groups excluding carboxylic acids is 2. The maximum atomic E-state index is 12.1. The molecule has 0 saturated carbocycles. The topological polar surface area (TPSA) is 71.1 Å². The molecule has 1 atom stereocenters. The maximum absolute atomic E-state index is 12.1. The summed E-state index contributed by atoms with van der Waals surface area (Å²) in [5, 5.41) is 5.83. The molecule has 2 aromatic rings. The van der Waals surface area contributed by atoms with Gasteiger partial charge in [0.25, 0.3) is 11.8 Å². The molecular formula is C20H25N3O2. The first kappa shape index (κ1) is 18.6. The van der Waals surface area contributed by atoms with Crippen molar-refractivity contribution in [2.75, 3.05) is 0 Å². The van der Waals surface area contributed by atoms with Crippen molar-refractivity contribution in [1.29, 1.82) is 0 Å². The number of nitrogens with zero attached hydrogens (tertiary/aromatic N) is 1. The summed E-state index contributed by atoms with van der Waals surface area (Å²) in [6.45, 7) is 5.85. The molecule has 2 rings (SSSR count). The highest BCUT2D eigenvalue weighted by atomic mass is 16.2. The van der Waals surface area contributed by atoms with Crippen molar-refractivity contribution in [3.05, 3.63) is 65.5 Å². The van der Waals surface area contributed by atoms with E-state index in [0.29, 0.717) is 11.3 Å². The van der Waals surface area contributed by atoms with Gasteiger partial charge in [-0.15, -0.1) is 0 Å². The summed E-state index contributed by atoms with van der Waals surface area (Å²) in [6, 6.07) is 13.0. The van der Waals surface area contributed by atoms with E-state index >= 15 is 0 Å². The second-order valence-corrected chi connectivity index (χ2v) is 6.45. The molecule has 0 saturated heterocycles. The molecule has 2 N–H and O–H groups in total. The quantitative estimate of drug-likeness (QED) is 0.815. The number of amides is 2. The second kappa shape index (κ2) is 8.97. The maximum Gasteiger partial charge on any atom is 0.270 e.